The van der Waals surface area contributed by atoms with E-state index in [-0.39, 0.29) is 25.8 Å². The van der Waals surface area contributed by atoms with Crippen LogP contribution in [0.15, 0.2) is 0 Å². The molecular formula is C30H55N9O11. The van der Waals surface area contributed by atoms with Gasteiger partial charge in [-0.3, -0.25) is 33.6 Å². The normalized spacial score (nSPS) is 16.5. The maximum atomic E-state index is 13.3. The Balaban J connectivity index is 5.81. The van der Waals surface area contributed by atoms with Crippen LogP contribution >= 0.6 is 0 Å². The van der Waals surface area contributed by atoms with Gasteiger partial charge in [0.15, 0.2) is 6.04 Å². The van der Waals surface area contributed by atoms with Gasteiger partial charge in [0.05, 0.1) is 12.2 Å². The molecule has 50 heavy (non-hydrogen) atoms. The highest BCUT2D eigenvalue weighted by molar-refractivity contribution is 5.97. The fourth-order valence-corrected chi connectivity index (χ4v) is 4.30. The van der Waals surface area contributed by atoms with Crippen molar-refractivity contribution in [2.45, 2.75) is 128 Å². The second-order valence-electron chi connectivity index (χ2n) is 12.4. The van der Waals surface area contributed by atoms with Gasteiger partial charge < -0.3 is 64.4 Å². The number of carbonyl (C=O) groups is 8. The summed E-state index contributed by atoms with van der Waals surface area (Å²) in [5.74, 6) is -7.86. The minimum Gasteiger partial charge on any atom is -0.480 e. The van der Waals surface area contributed by atoms with Crippen LogP contribution in [0.1, 0.15) is 73.6 Å². The number of amides is 7. The number of carboxylic acids is 1. The summed E-state index contributed by atoms with van der Waals surface area (Å²) in [4.78, 5) is 101. The number of aliphatic carboxylic acids is 1. The van der Waals surface area contributed by atoms with Crippen LogP contribution < -0.4 is 49.1 Å². The monoisotopic (exact) mass is 717 g/mol. The maximum absolute atomic E-state index is 13.3. The molecule has 0 aromatic rings. The van der Waals surface area contributed by atoms with Gasteiger partial charge in [-0.1, -0.05) is 13.8 Å². The molecule has 7 amide bonds. The van der Waals surface area contributed by atoms with Crippen LogP contribution in [0.25, 0.3) is 0 Å². The molecule has 0 unspecified atom stereocenters. The quantitative estimate of drug-likeness (QED) is 0.0442. The summed E-state index contributed by atoms with van der Waals surface area (Å²) in [7, 11) is 0. The van der Waals surface area contributed by atoms with Gasteiger partial charge in [-0.25, -0.2) is 4.79 Å². The molecule has 0 saturated heterocycles. The van der Waals surface area contributed by atoms with Crippen molar-refractivity contribution >= 4 is 47.3 Å². The SMILES string of the molecule is CC(C)[C@H](NC(=O)[C@H](C)NC(=O)[C@@H](N)[C@@H](C)O)C(=O)N[C@@H](C)C(=O)N[C@@H](CCC(N)=O)C(=O)N[C@@H](CCCCN)C(=O)N[C@H](C(=O)O)[C@@H](C)O. The lowest BCUT2D eigenvalue weighted by atomic mass is 10.0. The number of nitrogens with one attached hydrogen (secondary N) is 6. The number of aliphatic hydroxyl groups is 2. The van der Waals surface area contributed by atoms with Crippen LogP contribution in [0.4, 0.5) is 0 Å². The zero-order valence-electron chi connectivity index (χ0n) is 29.4. The maximum Gasteiger partial charge on any atom is 0.328 e. The molecule has 0 aliphatic heterocycles. The Bertz CT molecular complexity index is 1200. The Morgan fingerprint density at radius 1 is 0.580 bits per heavy atom. The molecule has 0 spiro atoms. The number of primary amides is 1. The molecule has 0 bridgehead atoms. The fraction of sp³-hybridized carbons (Fsp3) is 0.733. The summed E-state index contributed by atoms with van der Waals surface area (Å²) in [6.07, 6.45) is -2.49. The summed E-state index contributed by atoms with van der Waals surface area (Å²) >= 11 is 0. The number of aliphatic hydroxyl groups excluding tert-OH is 2. The number of carboxylic acid groups (broad SMARTS) is 1. The Kier molecular flexibility index (Phi) is 20.4. The zero-order valence-corrected chi connectivity index (χ0v) is 29.4. The standard InChI is InChI=1S/C30H55N9O11/c1-13(2)22(38-25(44)15(4)34-28(47)21(33)16(5)40)29(48)35-14(3)24(43)36-19(10-11-20(32)42)26(45)37-18(9-7-8-12-31)27(46)39-23(17(6)41)30(49)50/h13-19,21-23,40-41H,7-12,31,33H2,1-6H3,(H2,32,42)(H,34,47)(H,35,48)(H,36,43)(H,37,45)(H,38,44)(H,39,46)(H,49,50)/t14-,15-,16+,17+,18-,19-,21-,22-,23-/m0/s1. The Labute approximate surface area is 290 Å². The molecule has 0 aliphatic rings. The Morgan fingerprint density at radius 3 is 1.50 bits per heavy atom. The molecule has 9 atom stereocenters. The highest BCUT2D eigenvalue weighted by Crippen LogP contribution is 2.07. The first kappa shape index (κ1) is 45.6. The lowest BCUT2D eigenvalue weighted by Crippen LogP contribution is -2.60. The third-order valence-corrected chi connectivity index (χ3v) is 7.51. The number of unbranched alkanes of at least 4 members (excludes halogenated alkanes) is 1. The molecule has 0 aromatic carbocycles. The summed E-state index contributed by atoms with van der Waals surface area (Å²) in [5.41, 5.74) is 16.4. The Morgan fingerprint density at radius 2 is 1.04 bits per heavy atom. The van der Waals surface area contributed by atoms with Crippen LogP contribution in [0.3, 0.4) is 0 Å². The summed E-state index contributed by atoms with van der Waals surface area (Å²) in [6.45, 7) is 8.60. The fourth-order valence-electron chi connectivity index (χ4n) is 4.30. The van der Waals surface area contributed by atoms with Crippen molar-refractivity contribution < 1.29 is 53.7 Å². The van der Waals surface area contributed by atoms with Crippen molar-refractivity contribution in [3.8, 4) is 0 Å². The molecule has 20 nitrogen and oxygen atoms in total. The van der Waals surface area contributed by atoms with Gasteiger partial charge in [-0.15, -0.1) is 0 Å². The predicted octanol–water partition coefficient (Wildman–Crippen LogP) is -4.84. The second kappa shape index (κ2) is 22.3. The predicted molar refractivity (Wildman–Crippen MR) is 178 cm³/mol. The van der Waals surface area contributed by atoms with E-state index in [1.54, 1.807) is 13.8 Å². The topological polar surface area (TPSA) is 347 Å². The minimum atomic E-state index is -1.68. The van der Waals surface area contributed by atoms with Crippen LogP contribution in [0, 0.1) is 5.92 Å². The van der Waals surface area contributed by atoms with E-state index < -0.39 is 108 Å². The molecule has 0 radical (unpaired) electrons. The molecule has 0 aromatic heterocycles. The van der Waals surface area contributed by atoms with E-state index in [1.807, 2.05) is 0 Å². The first-order valence-corrected chi connectivity index (χ1v) is 16.3. The number of hydrogen-bond acceptors (Lipinski definition) is 12. The average Bonchev–Trinajstić information content (AvgIpc) is 3.01. The van der Waals surface area contributed by atoms with Gasteiger partial charge in [-0.05, 0) is 65.8 Å². The van der Waals surface area contributed by atoms with Crippen molar-refractivity contribution in [3.63, 3.8) is 0 Å². The van der Waals surface area contributed by atoms with E-state index >= 15 is 0 Å². The van der Waals surface area contributed by atoms with Crippen LogP contribution in [0.5, 0.6) is 0 Å². The van der Waals surface area contributed by atoms with Gasteiger partial charge >= 0.3 is 5.97 Å². The Hall–Kier alpha value is -4.40. The number of rotatable bonds is 23. The third-order valence-electron chi connectivity index (χ3n) is 7.51. The van der Waals surface area contributed by atoms with Gasteiger partial charge in [0.1, 0.15) is 36.3 Å². The van der Waals surface area contributed by atoms with Gasteiger partial charge in [0.2, 0.25) is 41.4 Å². The number of carbonyl (C=O) groups excluding carboxylic acids is 7. The highest BCUT2D eigenvalue weighted by Gasteiger charge is 2.33. The first-order chi connectivity index (χ1) is 23.1. The lowest BCUT2D eigenvalue weighted by molar-refractivity contribution is -0.145. The van der Waals surface area contributed by atoms with Crippen LogP contribution in [-0.4, -0.2) is 124 Å². The smallest absolute Gasteiger partial charge is 0.328 e. The van der Waals surface area contributed by atoms with Crippen molar-refractivity contribution in [2.24, 2.45) is 23.1 Å². The van der Waals surface area contributed by atoms with Crippen molar-refractivity contribution in [1.29, 1.82) is 0 Å². The van der Waals surface area contributed by atoms with Crippen LogP contribution in [0.2, 0.25) is 0 Å². The molecule has 0 aliphatic carbocycles. The van der Waals surface area contributed by atoms with E-state index in [0.29, 0.717) is 12.8 Å². The van der Waals surface area contributed by atoms with Crippen molar-refractivity contribution in [3.05, 3.63) is 0 Å². The van der Waals surface area contributed by atoms with E-state index in [0.717, 1.165) is 6.92 Å². The van der Waals surface area contributed by atoms with Crippen LogP contribution in [-0.2, 0) is 38.4 Å². The molecule has 0 rings (SSSR count). The largest absolute Gasteiger partial charge is 0.480 e. The molecule has 286 valence electrons. The van der Waals surface area contributed by atoms with E-state index in [9.17, 15) is 53.7 Å². The summed E-state index contributed by atoms with van der Waals surface area (Å²) in [5, 5.41) is 42.9. The van der Waals surface area contributed by atoms with Gasteiger partial charge in [0.25, 0.3) is 0 Å². The average molecular weight is 718 g/mol. The third kappa shape index (κ3) is 16.3. The number of hydrogen-bond donors (Lipinski definition) is 12. The highest BCUT2D eigenvalue weighted by atomic mass is 16.4. The first-order valence-electron chi connectivity index (χ1n) is 16.3. The molecule has 15 N–H and O–H groups in total. The molecule has 20 heteroatoms. The molecule has 0 heterocycles. The lowest BCUT2D eigenvalue weighted by Gasteiger charge is -2.27. The van der Waals surface area contributed by atoms with E-state index in [4.69, 9.17) is 17.2 Å². The van der Waals surface area contributed by atoms with Crippen molar-refractivity contribution in [2.75, 3.05) is 6.54 Å². The molecule has 0 saturated carbocycles. The molecule has 0 fully saturated rings. The number of nitrogens with two attached hydrogens (primary N) is 3. The van der Waals surface area contributed by atoms with Gasteiger partial charge in [-0.2, -0.15) is 0 Å². The van der Waals surface area contributed by atoms with E-state index in [2.05, 4.69) is 31.9 Å². The summed E-state index contributed by atoms with van der Waals surface area (Å²) < 4.78 is 0. The zero-order chi connectivity index (χ0) is 38.9. The second-order valence-corrected chi connectivity index (χ2v) is 12.4. The molecular weight excluding hydrogens is 662 g/mol. The van der Waals surface area contributed by atoms with E-state index in [1.165, 1.54) is 20.8 Å². The minimum absolute atomic E-state index is 0.0157. The summed E-state index contributed by atoms with van der Waals surface area (Å²) in [6, 6.07) is -9.34. The van der Waals surface area contributed by atoms with Gasteiger partial charge in [0, 0.05) is 6.42 Å². The van der Waals surface area contributed by atoms with Crippen molar-refractivity contribution in [1.82, 2.24) is 31.9 Å².